The number of carbonyl (C=O) groups is 1. The minimum atomic E-state index is -0.0162. The van der Waals surface area contributed by atoms with Crippen LogP contribution < -0.4 is 0 Å². The fraction of sp³-hybridized carbons (Fsp3) is 0.900. The number of carbonyl (C=O) groups excluding carboxylic acids is 1. The van der Waals surface area contributed by atoms with Crippen LogP contribution in [0.5, 0.6) is 0 Å². The highest BCUT2D eigenvalue weighted by atomic mass is 32.2. The molecule has 1 aliphatic heterocycles. The molecule has 0 spiro atoms. The van der Waals surface area contributed by atoms with Crippen LogP contribution in [0, 0.1) is 0 Å². The summed E-state index contributed by atoms with van der Waals surface area (Å²) in [5.74, 6) is 0.385. The molecule has 3 heteroatoms. The minimum Gasteiger partial charge on any atom is -0.336 e. The molecule has 0 N–H and O–H groups in total. The van der Waals surface area contributed by atoms with Gasteiger partial charge in [0, 0.05) is 12.1 Å². The molecule has 2 rings (SSSR count). The van der Waals surface area contributed by atoms with Crippen LogP contribution >= 0.6 is 11.8 Å². The van der Waals surface area contributed by atoms with Gasteiger partial charge in [0.25, 0.3) is 0 Å². The van der Waals surface area contributed by atoms with Crippen LogP contribution in [-0.2, 0) is 4.79 Å². The number of thioether (sulfide) groups is 1. The lowest BCUT2D eigenvalue weighted by atomic mass is 9.88. The van der Waals surface area contributed by atoms with Gasteiger partial charge in [0.15, 0.2) is 0 Å². The van der Waals surface area contributed by atoms with Gasteiger partial charge >= 0.3 is 0 Å². The van der Waals surface area contributed by atoms with E-state index in [1.165, 1.54) is 0 Å². The Kier molecular flexibility index (Phi) is 1.92. The van der Waals surface area contributed by atoms with Crippen molar-refractivity contribution in [3.8, 4) is 0 Å². The highest BCUT2D eigenvalue weighted by Gasteiger charge is 2.55. The van der Waals surface area contributed by atoms with Gasteiger partial charge in [-0.25, -0.2) is 0 Å². The molecule has 0 aromatic heterocycles. The molecule has 1 saturated carbocycles. The summed E-state index contributed by atoms with van der Waals surface area (Å²) in [5, 5.41) is 0. The predicted octanol–water partition coefficient (Wildman–Crippen LogP) is 1.89. The zero-order chi connectivity index (χ0) is 9.69. The van der Waals surface area contributed by atoms with Gasteiger partial charge in [-0.2, -0.15) is 0 Å². The van der Waals surface area contributed by atoms with Gasteiger partial charge < -0.3 is 4.90 Å². The summed E-state index contributed by atoms with van der Waals surface area (Å²) >= 11 is 1.73. The highest BCUT2D eigenvalue weighted by Crippen LogP contribution is 2.50. The van der Waals surface area contributed by atoms with Gasteiger partial charge in [-0.15, -0.1) is 11.8 Å². The maximum atomic E-state index is 12.1. The van der Waals surface area contributed by atoms with Gasteiger partial charge in [-0.1, -0.05) is 0 Å². The monoisotopic (exact) mass is 199 g/mol. The molecule has 1 amide bonds. The van der Waals surface area contributed by atoms with Crippen LogP contribution in [-0.4, -0.2) is 33.9 Å². The minimum absolute atomic E-state index is 0.0162. The second-order valence-electron chi connectivity index (χ2n) is 4.72. The van der Waals surface area contributed by atoms with E-state index in [0.717, 1.165) is 25.8 Å². The Balaban J connectivity index is 2.06. The fourth-order valence-corrected chi connectivity index (χ4v) is 2.71. The van der Waals surface area contributed by atoms with Crippen molar-refractivity contribution in [1.29, 1.82) is 0 Å². The summed E-state index contributed by atoms with van der Waals surface area (Å²) in [7, 11) is 0. The van der Waals surface area contributed by atoms with Crippen LogP contribution in [0.3, 0.4) is 0 Å². The van der Waals surface area contributed by atoms with Crippen molar-refractivity contribution in [3.63, 3.8) is 0 Å². The molecule has 0 aromatic rings. The Morgan fingerprint density at radius 1 is 1.31 bits per heavy atom. The van der Waals surface area contributed by atoms with Crippen LogP contribution in [0.2, 0.25) is 0 Å². The maximum Gasteiger partial charge on any atom is 0.239 e. The van der Waals surface area contributed by atoms with Crippen LogP contribution in [0.1, 0.15) is 33.1 Å². The van der Waals surface area contributed by atoms with Crippen LogP contribution in [0.15, 0.2) is 0 Å². The Morgan fingerprint density at radius 3 is 2.15 bits per heavy atom. The van der Waals surface area contributed by atoms with Gasteiger partial charge in [0.05, 0.1) is 4.75 Å². The van der Waals surface area contributed by atoms with Crippen molar-refractivity contribution in [1.82, 2.24) is 4.90 Å². The SMILES string of the molecule is CSC1(C(=O)N2CCC2(C)C)CC1. The van der Waals surface area contributed by atoms with Crippen molar-refractivity contribution in [2.45, 2.75) is 43.4 Å². The van der Waals surface area contributed by atoms with Crippen LogP contribution in [0.25, 0.3) is 0 Å². The molecule has 1 aliphatic carbocycles. The van der Waals surface area contributed by atoms with Gasteiger partial charge in [0.2, 0.25) is 5.91 Å². The smallest absolute Gasteiger partial charge is 0.239 e. The third-order valence-corrected chi connectivity index (χ3v) is 4.77. The summed E-state index contributed by atoms with van der Waals surface area (Å²) in [6.07, 6.45) is 5.38. The van der Waals surface area contributed by atoms with Gasteiger partial charge in [-0.05, 0) is 39.4 Å². The van der Waals surface area contributed by atoms with Crippen molar-refractivity contribution in [2.75, 3.05) is 12.8 Å². The van der Waals surface area contributed by atoms with Crippen molar-refractivity contribution in [3.05, 3.63) is 0 Å². The fourth-order valence-electron chi connectivity index (χ4n) is 1.91. The Bertz CT molecular complexity index is 245. The van der Waals surface area contributed by atoms with Crippen molar-refractivity contribution >= 4 is 17.7 Å². The lowest BCUT2D eigenvalue weighted by Gasteiger charge is -2.49. The summed E-state index contributed by atoms with van der Waals surface area (Å²) in [4.78, 5) is 14.1. The molecule has 2 fully saturated rings. The Hall–Kier alpha value is -0.180. The van der Waals surface area contributed by atoms with E-state index in [1.807, 2.05) is 0 Å². The first-order valence-electron chi connectivity index (χ1n) is 4.89. The molecule has 2 aliphatic rings. The first-order chi connectivity index (χ1) is 6.02. The lowest BCUT2D eigenvalue weighted by Crippen LogP contribution is -2.60. The third-order valence-electron chi connectivity index (χ3n) is 3.41. The van der Waals surface area contributed by atoms with E-state index in [9.17, 15) is 4.79 Å². The van der Waals surface area contributed by atoms with E-state index in [4.69, 9.17) is 0 Å². The summed E-state index contributed by atoms with van der Waals surface area (Å²) in [6.45, 7) is 5.28. The molecular weight excluding hydrogens is 182 g/mol. The second kappa shape index (κ2) is 2.66. The molecule has 0 radical (unpaired) electrons. The molecule has 1 saturated heterocycles. The van der Waals surface area contributed by atoms with E-state index in [1.54, 1.807) is 11.8 Å². The number of likely N-dealkylation sites (tertiary alicyclic amines) is 1. The number of nitrogens with zero attached hydrogens (tertiary/aromatic N) is 1. The van der Waals surface area contributed by atoms with Gasteiger partial charge in [-0.3, -0.25) is 4.79 Å². The molecule has 1 heterocycles. The van der Waals surface area contributed by atoms with E-state index < -0.39 is 0 Å². The quantitative estimate of drug-likeness (QED) is 0.677. The Labute approximate surface area is 84.1 Å². The lowest BCUT2D eigenvalue weighted by molar-refractivity contribution is -0.144. The average Bonchev–Trinajstić information content (AvgIpc) is 2.82. The standard InChI is InChI=1S/C10H17NOS/c1-9(2)6-7-11(9)8(12)10(13-3)4-5-10/h4-7H2,1-3H3. The molecule has 0 unspecified atom stereocenters. The molecule has 74 valence electrons. The average molecular weight is 199 g/mol. The second-order valence-corrected chi connectivity index (χ2v) is 5.91. The molecule has 0 aromatic carbocycles. The summed E-state index contributed by atoms with van der Waals surface area (Å²) in [6, 6.07) is 0. The molecule has 0 bridgehead atoms. The summed E-state index contributed by atoms with van der Waals surface area (Å²) < 4.78 is -0.0162. The molecule has 0 atom stereocenters. The normalized spacial score (nSPS) is 28.1. The van der Waals surface area contributed by atoms with Gasteiger partial charge in [0.1, 0.15) is 0 Å². The van der Waals surface area contributed by atoms with E-state index >= 15 is 0 Å². The predicted molar refractivity (Wildman–Crippen MR) is 55.9 cm³/mol. The molecule has 13 heavy (non-hydrogen) atoms. The summed E-state index contributed by atoms with van der Waals surface area (Å²) in [5.41, 5.74) is 0.127. The molecule has 2 nitrogen and oxygen atoms in total. The van der Waals surface area contributed by atoms with Crippen molar-refractivity contribution < 1.29 is 4.79 Å². The highest BCUT2D eigenvalue weighted by molar-refractivity contribution is 8.01. The number of amides is 1. The zero-order valence-corrected chi connectivity index (χ0v) is 9.41. The number of rotatable bonds is 2. The molecular formula is C10H17NOS. The van der Waals surface area contributed by atoms with E-state index in [0.29, 0.717) is 5.91 Å². The van der Waals surface area contributed by atoms with E-state index in [-0.39, 0.29) is 10.3 Å². The maximum absolute atomic E-state index is 12.1. The number of hydrogen-bond donors (Lipinski definition) is 0. The Morgan fingerprint density at radius 2 is 1.92 bits per heavy atom. The first-order valence-corrected chi connectivity index (χ1v) is 6.12. The topological polar surface area (TPSA) is 20.3 Å². The van der Waals surface area contributed by atoms with E-state index in [2.05, 4.69) is 25.0 Å². The number of hydrogen-bond acceptors (Lipinski definition) is 2. The first kappa shape index (κ1) is 9.38. The van der Waals surface area contributed by atoms with Crippen LogP contribution in [0.4, 0.5) is 0 Å². The zero-order valence-electron chi connectivity index (χ0n) is 8.59. The van der Waals surface area contributed by atoms with Crippen molar-refractivity contribution in [2.24, 2.45) is 0 Å². The third kappa shape index (κ3) is 1.28. The largest absolute Gasteiger partial charge is 0.336 e.